The molecule has 3 aromatic rings. The van der Waals surface area contributed by atoms with Gasteiger partial charge < -0.3 is 10.2 Å². The Labute approximate surface area is 166 Å². The summed E-state index contributed by atoms with van der Waals surface area (Å²) < 4.78 is 0. The average Bonchev–Trinajstić information content (AvgIpc) is 2.73. The van der Waals surface area contributed by atoms with Gasteiger partial charge in [-0.1, -0.05) is 43.2 Å². The summed E-state index contributed by atoms with van der Waals surface area (Å²) in [6.45, 7) is 4.96. The van der Waals surface area contributed by atoms with E-state index in [2.05, 4.69) is 41.5 Å². The first-order chi connectivity index (χ1) is 13.6. The highest BCUT2D eigenvalue weighted by atomic mass is 16.2. The molecule has 0 aliphatic rings. The summed E-state index contributed by atoms with van der Waals surface area (Å²) >= 11 is 0. The maximum atomic E-state index is 12.4. The molecular weight excluding hydrogens is 348 g/mol. The fraction of sp³-hybridized carbons (Fsp3) is 0.261. The zero-order valence-corrected chi connectivity index (χ0v) is 16.6. The number of nitrogens with zero attached hydrogens (tertiary/aromatic N) is 3. The Kier molecular flexibility index (Phi) is 6.37. The van der Waals surface area contributed by atoms with Crippen molar-refractivity contribution in [3.05, 3.63) is 71.8 Å². The highest BCUT2D eigenvalue weighted by Crippen LogP contribution is 2.20. The predicted molar refractivity (Wildman–Crippen MR) is 114 cm³/mol. The molecule has 0 fully saturated rings. The minimum Gasteiger partial charge on any atom is -0.342 e. The van der Waals surface area contributed by atoms with Crippen molar-refractivity contribution in [2.45, 2.75) is 26.7 Å². The lowest BCUT2D eigenvalue weighted by Gasteiger charge is -2.17. The molecule has 1 amide bonds. The summed E-state index contributed by atoms with van der Waals surface area (Å²) in [6, 6.07) is 19.5. The molecule has 0 aliphatic heterocycles. The van der Waals surface area contributed by atoms with Gasteiger partial charge in [0.05, 0.1) is 5.69 Å². The second-order valence-corrected chi connectivity index (χ2v) is 6.95. The molecule has 1 N–H and O–H groups in total. The lowest BCUT2D eigenvalue weighted by molar-refractivity contribution is 0.0793. The largest absolute Gasteiger partial charge is 0.342 e. The van der Waals surface area contributed by atoms with E-state index in [-0.39, 0.29) is 5.91 Å². The van der Waals surface area contributed by atoms with Crippen LogP contribution in [0.15, 0.2) is 60.7 Å². The third-order valence-corrected chi connectivity index (χ3v) is 4.61. The van der Waals surface area contributed by atoms with Gasteiger partial charge in [-0.15, -0.1) is 10.2 Å². The van der Waals surface area contributed by atoms with Crippen LogP contribution in [-0.4, -0.2) is 34.6 Å². The second kappa shape index (κ2) is 9.13. The Morgan fingerprint density at radius 3 is 2.29 bits per heavy atom. The lowest BCUT2D eigenvalue weighted by atomic mass is 10.1. The zero-order chi connectivity index (χ0) is 19.9. The summed E-state index contributed by atoms with van der Waals surface area (Å²) in [4.78, 5) is 14.2. The van der Waals surface area contributed by atoms with Crippen LogP contribution in [0.2, 0.25) is 0 Å². The molecule has 5 nitrogen and oxygen atoms in total. The van der Waals surface area contributed by atoms with Gasteiger partial charge in [0.1, 0.15) is 0 Å². The van der Waals surface area contributed by atoms with Crippen molar-refractivity contribution in [2.24, 2.45) is 0 Å². The molecule has 0 atom stereocenters. The molecule has 0 bridgehead atoms. The molecule has 144 valence electrons. The quantitative estimate of drug-likeness (QED) is 0.627. The Bertz CT molecular complexity index is 903. The van der Waals surface area contributed by atoms with Crippen LogP contribution in [-0.2, 0) is 0 Å². The first-order valence-electron chi connectivity index (χ1n) is 9.60. The molecule has 1 aromatic heterocycles. The summed E-state index contributed by atoms with van der Waals surface area (Å²) in [5, 5.41) is 11.8. The molecule has 0 saturated carbocycles. The lowest BCUT2D eigenvalue weighted by Crippen LogP contribution is -2.27. The number of benzene rings is 2. The van der Waals surface area contributed by atoms with E-state index in [4.69, 9.17) is 0 Å². The van der Waals surface area contributed by atoms with Gasteiger partial charge in [-0.3, -0.25) is 4.79 Å². The molecule has 0 unspecified atom stereocenters. The fourth-order valence-corrected chi connectivity index (χ4v) is 2.84. The van der Waals surface area contributed by atoms with Crippen molar-refractivity contribution in [2.75, 3.05) is 18.9 Å². The first-order valence-corrected chi connectivity index (χ1v) is 9.60. The molecule has 0 radical (unpaired) electrons. The Balaban J connectivity index is 1.64. The van der Waals surface area contributed by atoms with Gasteiger partial charge in [0, 0.05) is 30.4 Å². The molecule has 28 heavy (non-hydrogen) atoms. The van der Waals surface area contributed by atoms with E-state index >= 15 is 0 Å². The highest BCUT2D eigenvalue weighted by molar-refractivity contribution is 5.94. The van der Waals surface area contributed by atoms with Crippen LogP contribution in [0, 0.1) is 6.92 Å². The van der Waals surface area contributed by atoms with E-state index in [9.17, 15) is 4.79 Å². The summed E-state index contributed by atoms with van der Waals surface area (Å²) in [6.07, 6.45) is 2.09. The maximum absolute atomic E-state index is 12.4. The molecule has 5 heteroatoms. The predicted octanol–water partition coefficient (Wildman–Crippen LogP) is 5.07. The van der Waals surface area contributed by atoms with E-state index in [1.165, 1.54) is 5.56 Å². The van der Waals surface area contributed by atoms with Gasteiger partial charge >= 0.3 is 0 Å². The number of anilines is 2. The van der Waals surface area contributed by atoms with Gasteiger partial charge in [0.15, 0.2) is 5.82 Å². The van der Waals surface area contributed by atoms with Crippen molar-refractivity contribution < 1.29 is 4.79 Å². The number of aryl methyl sites for hydroxylation is 1. The van der Waals surface area contributed by atoms with Crippen LogP contribution in [0.3, 0.4) is 0 Å². The Hall–Kier alpha value is -3.21. The van der Waals surface area contributed by atoms with Crippen LogP contribution in [0.1, 0.15) is 35.7 Å². The number of carbonyl (C=O) groups excluding carboxylic acids is 1. The standard InChI is InChI=1S/C23H26N4O/c1-4-5-16-27(3)23(28)19-10-12-20(13-11-19)24-22-15-14-21(25-26-22)18-8-6-17(2)7-9-18/h6-15H,4-5,16H2,1-3H3,(H,24,26). The zero-order valence-electron chi connectivity index (χ0n) is 16.6. The van der Waals surface area contributed by atoms with Crippen molar-refractivity contribution in [1.29, 1.82) is 0 Å². The Morgan fingerprint density at radius 1 is 0.964 bits per heavy atom. The van der Waals surface area contributed by atoms with Crippen LogP contribution < -0.4 is 5.32 Å². The molecule has 3 rings (SSSR count). The molecular formula is C23H26N4O. The second-order valence-electron chi connectivity index (χ2n) is 6.95. The average molecular weight is 374 g/mol. The van der Waals surface area contributed by atoms with Gasteiger partial charge in [-0.2, -0.15) is 0 Å². The molecule has 2 aromatic carbocycles. The van der Waals surface area contributed by atoms with E-state index in [0.717, 1.165) is 36.3 Å². The molecule has 0 spiro atoms. The molecule has 0 saturated heterocycles. The minimum atomic E-state index is 0.0437. The van der Waals surface area contributed by atoms with E-state index in [1.54, 1.807) is 4.90 Å². The number of hydrogen-bond donors (Lipinski definition) is 1. The number of nitrogens with one attached hydrogen (secondary N) is 1. The van der Waals surface area contributed by atoms with Gasteiger partial charge in [0.25, 0.3) is 5.91 Å². The van der Waals surface area contributed by atoms with Crippen molar-refractivity contribution >= 4 is 17.4 Å². The number of carbonyl (C=O) groups is 1. The van der Waals surface area contributed by atoms with E-state index in [1.807, 2.05) is 55.6 Å². The number of aromatic nitrogens is 2. The van der Waals surface area contributed by atoms with E-state index in [0.29, 0.717) is 11.4 Å². The van der Waals surface area contributed by atoms with Crippen LogP contribution >= 0.6 is 0 Å². The van der Waals surface area contributed by atoms with Crippen molar-refractivity contribution in [3.8, 4) is 11.3 Å². The maximum Gasteiger partial charge on any atom is 0.253 e. The monoisotopic (exact) mass is 374 g/mol. The Morgan fingerprint density at radius 2 is 1.68 bits per heavy atom. The van der Waals surface area contributed by atoms with Crippen molar-refractivity contribution in [1.82, 2.24) is 15.1 Å². The SMILES string of the molecule is CCCCN(C)C(=O)c1ccc(Nc2ccc(-c3ccc(C)cc3)nn2)cc1. The van der Waals surface area contributed by atoms with Gasteiger partial charge in [-0.05, 0) is 49.7 Å². The number of amides is 1. The van der Waals surface area contributed by atoms with Gasteiger partial charge in [-0.25, -0.2) is 0 Å². The summed E-state index contributed by atoms with van der Waals surface area (Å²) in [5.74, 6) is 0.706. The minimum absolute atomic E-state index is 0.0437. The van der Waals surface area contributed by atoms with Gasteiger partial charge in [0.2, 0.25) is 0 Å². The van der Waals surface area contributed by atoms with E-state index < -0.39 is 0 Å². The topological polar surface area (TPSA) is 58.1 Å². The van der Waals surface area contributed by atoms with Crippen LogP contribution in [0.5, 0.6) is 0 Å². The van der Waals surface area contributed by atoms with Crippen LogP contribution in [0.25, 0.3) is 11.3 Å². The molecule has 1 heterocycles. The summed E-state index contributed by atoms with van der Waals surface area (Å²) in [7, 11) is 1.84. The number of hydrogen-bond acceptors (Lipinski definition) is 4. The number of unbranched alkanes of at least 4 members (excludes halogenated alkanes) is 1. The first kappa shape index (κ1) is 19.5. The normalized spacial score (nSPS) is 10.5. The third-order valence-electron chi connectivity index (χ3n) is 4.61. The highest BCUT2D eigenvalue weighted by Gasteiger charge is 2.11. The summed E-state index contributed by atoms with van der Waals surface area (Å²) in [5.41, 5.74) is 4.64. The van der Waals surface area contributed by atoms with Crippen molar-refractivity contribution in [3.63, 3.8) is 0 Å². The fourth-order valence-electron chi connectivity index (χ4n) is 2.84. The molecule has 0 aliphatic carbocycles. The smallest absolute Gasteiger partial charge is 0.253 e. The number of rotatable bonds is 7. The van der Waals surface area contributed by atoms with Crippen LogP contribution in [0.4, 0.5) is 11.5 Å². The third kappa shape index (κ3) is 4.94.